The maximum atomic E-state index is 6.24. The first-order valence-electron chi connectivity index (χ1n) is 7.92. The molecule has 0 amide bonds. The van der Waals surface area contributed by atoms with Crippen LogP contribution in [0.3, 0.4) is 0 Å². The van der Waals surface area contributed by atoms with Crippen LogP contribution in [0.15, 0.2) is 24.3 Å². The Bertz CT molecular complexity index is 425. The lowest BCUT2D eigenvalue weighted by atomic mass is 9.76. The van der Waals surface area contributed by atoms with Gasteiger partial charge in [-0.05, 0) is 43.2 Å². The van der Waals surface area contributed by atoms with E-state index in [0.717, 1.165) is 18.2 Å². The number of hydrogen-bond acceptors (Lipinski definition) is 2. The van der Waals surface area contributed by atoms with Gasteiger partial charge < -0.3 is 10.1 Å². The van der Waals surface area contributed by atoms with Crippen LogP contribution >= 0.6 is 11.6 Å². The van der Waals surface area contributed by atoms with Crippen LogP contribution in [0.25, 0.3) is 0 Å². The van der Waals surface area contributed by atoms with Crippen LogP contribution < -0.4 is 5.32 Å². The van der Waals surface area contributed by atoms with E-state index in [9.17, 15) is 0 Å². The minimum atomic E-state index is 0.536. The number of nitrogens with one attached hydrogen (secondary N) is 1. The lowest BCUT2D eigenvalue weighted by Gasteiger charge is -2.37. The molecule has 3 rings (SSSR count). The van der Waals surface area contributed by atoms with Gasteiger partial charge in [0.25, 0.3) is 0 Å². The van der Waals surface area contributed by atoms with Crippen LogP contribution in [0.2, 0.25) is 5.02 Å². The van der Waals surface area contributed by atoms with Gasteiger partial charge >= 0.3 is 0 Å². The van der Waals surface area contributed by atoms with Crippen molar-refractivity contribution in [3.05, 3.63) is 34.9 Å². The minimum absolute atomic E-state index is 0.536. The third kappa shape index (κ3) is 3.55. The molecule has 2 aliphatic rings. The zero-order valence-electron chi connectivity index (χ0n) is 12.0. The molecule has 20 heavy (non-hydrogen) atoms. The fourth-order valence-corrected chi connectivity index (χ4v) is 3.68. The molecule has 0 heterocycles. The topological polar surface area (TPSA) is 21.3 Å². The zero-order valence-corrected chi connectivity index (χ0v) is 12.7. The Balaban J connectivity index is 1.31. The molecule has 0 saturated heterocycles. The van der Waals surface area contributed by atoms with Crippen molar-refractivity contribution in [1.29, 1.82) is 0 Å². The largest absolute Gasteiger partial charge is 0.377 e. The van der Waals surface area contributed by atoms with Gasteiger partial charge in [-0.3, -0.25) is 0 Å². The molecule has 0 radical (unpaired) electrons. The van der Waals surface area contributed by atoms with Crippen molar-refractivity contribution < 1.29 is 4.74 Å². The second kappa shape index (κ2) is 6.93. The maximum absolute atomic E-state index is 6.24. The van der Waals surface area contributed by atoms with E-state index in [0.29, 0.717) is 18.1 Å². The number of rotatable bonds is 6. The molecule has 2 nitrogen and oxygen atoms in total. The van der Waals surface area contributed by atoms with E-state index >= 15 is 0 Å². The molecule has 1 aromatic carbocycles. The summed E-state index contributed by atoms with van der Waals surface area (Å²) in [4.78, 5) is 0. The molecular weight excluding hydrogens is 270 g/mol. The third-order valence-electron chi connectivity index (χ3n) is 4.67. The summed E-state index contributed by atoms with van der Waals surface area (Å²) in [7, 11) is 0. The molecule has 0 bridgehead atoms. The lowest BCUT2D eigenvalue weighted by molar-refractivity contribution is 0.0571. The second-order valence-electron chi connectivity index (χ2n) is 6.12. The van der Waals surface area contributed by atoms with E-state index in [1.807, 2.05) is 12.1 Å². The van der Waals surface area contributed by atoms with E-state index in [1.165, 1.54) is 44.1 Å². The highest BCUT2D eigenvalue weighted by Crippen LogP contribution is 2.39. The number of hydrogen-bond donors (Lipinski definition) is 1. The average molecular weight is 294 g/mol. The van der Waals surface area contributed by atoms with Gasteiger partial charge in [0, 0.05) is 17.6 Å². The molecule has 1 aromatic rings. The molecule has 0 aromatic heterocycles. The van der Waals surface area contributed by atoms with Crippen molar-refractivity contribution in [3.63, 3.8) is 0 Å². The monoisotopic (exact) mass is 293 g/mol. The second-order valence-corrected chi connectivity index (χ2v) is 6.53. The molecular formula is C17H24ClNO. The zero-order chi connectivity index (χ0) is 13.8. The van der Waals surface area contributed by atoms with Crippen molar-refractivity contribution in [2.75, 3.05) is 13.2 Å². The van der Waals surface area contributed by atoms with Crippen LogP contribution in [0.5, 0.6) is 0 Å². The van der Waals surface area contributed by atoms with E-state index in [-0.39, 0.29) is 0 Å². The van der Waals surface area contributed by atoms with Crippen molar-refractivity contribution in [3.8, 4) is 0 Å². The lowest BCUT2D eigenvalue weighted by Crippen LogP contribution is -2.41. The Morgan fingerprint density at radius 3 is 2.65 bits per heavy atom. The first-order chi connectivity index (χ1) is 9.83. The van der Waals surface area contributed by atoms with Gasteiger partial charge in [-0.2, -0.15) is 0 Å². The Kier molecular flexibility index (Phi) is 4.98. The van der Waals surface area contributed by atoms with Crippen LogP contribution in [0, 0.1) is 0 Å². The summed E-state index contributed by atoms with van der Waals surface area (Å²) >= 11 is 6.24. The van der Waals surface area contributed by atoms with Crippen molar-refractivity contribution >= 4 is 11.6 Å². The van der Waals surface area contributed by atoms with Gasteiger partial charge in [-0.15, -0.1) is 0 Å². The third-order valence-corrected chi connectivity index (χ3v) is 5.02. The predicted octanol–water partition coefficient (Wildman–Crippen LogP) is 4.13. The van der Waals surface area contributed by atoms with Gasteiger partial charge in [-0.25, -0.2) is 0 Å². The highest BCUT2D eigenvalue weighted by atomic mass is 35.5. The molecule has 1 N–H and O–H groups in total. The summed E-state index contributed by atoms with van der Waals surface area (Å²) in [6, 6.07) is 8.88. The molecule has 2 saturated carbocycles. The SMILES string of the molecule is Clc1ccccc1C1CC(NCCOC2CCCC2)C1. The quantitative estimate of drug-likeness (QED) is 0.796. The molecule has 0 aliphatic heterocycles. The normalized spacial score (nSPS) is 26.6. The molecule has 0 unspecified atom stereocenters. The van der Waals surface area contributed by atoms with Crippen LogP contribution in [-0.2, 0) is 4.74 Å². The maximum Gasteiger partial charge on any atom is 0.0594 e. The molecule has 3 heteroatoms. The summed E-state index contributed by atoms with van der Waals surface area (Å²) in [5.41, 5.74) is 1.31. The average Bonchev–Trinajstić information content (AvgIpc) is 2.91. The van der Waals surface area contributed by atoms with Gasteiger partial charge in [0.05, 0.1) is 12.7 Å². The van der Waals surface area contributed by atoms with Crippen molar-refractivity contribution in [1.82, 2.24) is 5.32 Å². The summed E-state index contributed by atoms with van der Waals surface area (Å²) in [5.74, 6) is 0.636. The van der Waals surface area contributed by atoms with Gasteiger partial charge in [0.1, 0.15) is 0 Å². The highest BCUT2D eigenvalue weighted by molar-refractivity contribution is 6.31. The Morgan fingerprint density at radius 1 is 1.15 bits per heavy atom. The van der Waals surface area contributed by atoms with E-state index in [4.69, 9.17) is 16.3 Å². The Morgan fingerprint density at radius 2 is 1.90 bits per heavy atom. The summed E-state index contributed by atoms with van der Waals surface area (Å²) < 4.78 is 5.87. The number of halogens is 1. The predicted molar refractivity (Wildman–Crippen MR) is 83.4 cm³/mol. The molecule has 2 fully saturated rings. The fourth-order valence-electron chi connectivity index (χ4n) is 3.39. The summed E-state index contributed by atoms with van der Waals surface area (Å²) in [5, 5.41) is 4.51. The van der Waals surface area contributed by atoms with Crippen LogP contribution in [-0.4, -0.2) is 25.3 Å². The fraction of sp³-hybridized carbons (Fsp3) is 0.647. The summed E-state index contributed by atoms with van der Waals surface area (Å²) in [6.07, 6.45) is 8.16. The molecule has 0 atom stereocenters. The van der Waals surface area contributed by atoms with Crippen molar-refractivity contribution in [2.24, 2.45) is 0 Å². The molecule has 0 spiro atoms. The molecule has 110 valence electrons. The van der Waals surface area contributed by atoms with Gasteiger partial charge in [-0.1, -0.05) is 42.6 Å². The standard InChI is InChI=1S/C17H24ClNO/c18-17-8-4-3-7-16(17)13-11-14(12-13)19-9-10-20-15-5-1-2-6-15/h3-4,7-8,13-15,19H,1-2,5-6,9-12H2. The Hall–Kier alpha value is -0.570. The number of benzene rings is 1. The van der Waals surface area contributed by atoms with Gasteiger partial charge in [0.15, 0.2) is 0 Å². The van der Waals surface area contributed by atoms with Gasteiger partial charge in [0.2, 0.25) is 0 Å². The Labute approximate surface area is 126 Å². The van der Waals surface area contributed by atoms with Crippen LogP contribution in [0.1, 0.15) is 50.0 Å². The van der Waals surface area contributed by atoms with E-state index in [2.05, 4.69) is 17.4 Å². The number of ether oxygens (including phenoxy) is 1. The smallest absolute Gasteiger partial charge is 0.0594 e. The van der Waals surface area contributed by atoms with E-state index < -0.39 is 0 Å². The highest BCUT2D eigenvalue weighted by Gasteiger charge is 2.30. The summed E-state index contributed by atoms with van der Waals surface area (Å²) in [6.45, 7) is 1.84. The molecule has 2 aliphatic carbocycles. The minimum Gasteiger partial charge on any atom is -0.377 e. The first kappa shape index (κ1) is 14.4. The first-order valence-corrected chi connectivity index (χ1v) is 8.30. The van der Waals surface area contributed by atoms with Crippen molar-refractivity contribution in [2.45, 2.75) is 56.6 Å². The van der Waals surface area contributed by atoms with Crippen LogP contribution in [0.4, 0.5) is 0 Å². The van der Waals surface area contributed by atoms with E-state index in [1.54, 1.807) is 0 Å².